The smallest absolute Gasteiger partial charge is 0.306 e. The van der Waals surface area contributed by atoms with Gasteiger partial charge in [0.1, 0.15) is 6.10 Å². The second kappa shape index (κ2) is 12.2. The van der Waals surface area contributed by atoms with Gasteiger partial charge in [-0.05, 0) is 6.42 Å². The summed E-state index contributed by atoms with van der Waals surface area (Å²) in [4.78, 5) is 11.6. The van der Waals surface area contributed by atoms with Crippen LogP contribution in [0, 0.1) is 0 Å². The molecule has 0 spiro atoms. The van der Waals surface area contributed by atoms with E-state index in [1.807, 2.05) is 0 Å². The third-order valence-corrected chi connectivity index (χ3v) is 3.92. The van der Waals surface area contributed by atoms with Gasteiger partial charge in [0, 0.05) is 12.8 Å². The van der Waals surface area contributed by atoms with Gasteiger partial charge in [-0.3, -0.25) is 4.79 Å². The van der Waals surface area contributed by atoms with Gasteiger partial charge in [-0.2, -0.15) is 0 Å². The van der Waals surface area contributed by atoms with Crippen LogP contribution >= 0.6 is 0 Å². The van der Waals surface area contributed by atoms with E-state index >= 15 is 0 Å². The second-order valence-electron chi connectivity index (χ2n) is 5.91. The number of carbonyl (C=O) groups is 1. The van der Waals surface area contributed by atoms with E-state index in [1.165, 1.54) is 51.4 Å². The summed E-state index contributed by atoms with van der Waals surface area (Å²) in [6.07, 6.45) is 14.4. The fourth-order valence-corrected chi connectivity index (χ4v) is 2.61. The molecular formula is C17H32O3. The molecular weight excluding hydrogens is 252 g/mol. The van der Waals surface area contributed by atoms with Crippen molar-refractivity contribution in [3.63, 3.8) is 0 Å². The minimum absolute atomic E-state index is 0.0191. The molecule has 1 aliphatic heterocycles. The van der Waals surface area contributed by atoms with Gasteiger partial charge < -0.3 is 9.47 Å². The first kappa shape index (κ1) is 17.5. The number of carbonyl (C=O) groups excluding carboxylic acids is 1. The van der Waals surface area contributed by atoms with Crippen LogP contribution in [0.15, 0.2) is 0 Å². The van der Waals surface area contributed by atoms with Crippen LogP contribution in [-0.4, -0.2) is 25.3 Å². The zero-order valence-corrected chi connectivity index (χ0v) is 13.2. The lowest BCUT2D eigenvalue weighted by molar-refractivity contribution is -0.149. The van der Waals surface area contributed by atoms with Gasteiger partial charge in [0.15, 0.2) is 0 Å². The van der Waals surface area contributed by atoms with E-state index in [-0.39, 0.29) is 12.1 Å². The maximum absolute atomic E-state index is 11.6. The highest BCUT2D eigenvalue weighted by Gasteiger charge is 2.19. The Morgan fingerprint density at radius 2 is 1.60 bits per heavy atom. The first-order chi connectivity index (χ1) is 9.83. The van der Waals surface area contributed by atoms with Gasteiger partial charge in [-0.1, -0.05) is 64.7 Å². The Hall–Kier alpha value is -0.570. The summed E-state index contributed by atoms with van der Waals surface area (Å²) in [7, 11) is 0. The van der Waals surface area contributed by atoms with Crippen molar-refractivity contribution in [3.05, 3.63) is 0 Å². The molecule has 0 aromatic rings. The molecule has 118 valence electrons. The highest BCUT2D eigenvalue weighted by molar-refractivity contribution is 5.69. The van der Waals surface area contributed by atoms with Crippen LogP contribution in [0.1, 0.15) is 84.0 Å². The summed E-state index contributed by atoms with van der Waals surface area (Å²) < 4.78 is 10.5. The van der Waals surface area contributed by atoms with Crippen LogP contribution in [0.3, 0.4) is 0 Å². The molecule has 1 heterocycles. The van der Waals surface area contributed by atoms with Crippen LogP contribution in [0.2, 0.25) is 0 Å². The van der Waals surface area contributed by atoms with Crippen LogP contribution in [0.25, 0.3) is 0 Å². The van der Waals surface area contributed by atoms with E-state index in [4.69, 9.17) is 9.47 Å². The summed E-state index contributed by atoms with van der Waals surface area (Å²) in [5.74, 6) is -0.0416. The SMILES string of the molecule is CCCCCCCCCCCCC(=O)OC1CCOC1. The van der Waals surface area contributed by atoms with Crippen molar-refractivity contribution in [2.24, 2.45) is 0 Å². The molecule has 3 heteroatoms. The van der Waals surface area contributed by atoms with E-state index in [2.05, 4.69) is 6.92 Å². The quantitative estimate of drug-likeness (QED) is 0.387. The highest BCUT2D eigenvalue weighted by Crippen LogP contribution is 2.13. The topological polar surface area (TPSA) is 35.5 Å². The van der Waals surface area contributed by atoms with Crippen LogP contribution < -0.4 is 0 Å². The standard InChI is InChI=1S/C17H32O3/c1-2-3-4-5-6-7-8-9-10-11-12-17(18)20-16-13-14-19-15-16/h16H,2-15H2,1H3. The first-order valence-electron chi connectivity index (χ1n) is 8.60. The summed E-state index contributed by atoms with van der Waals surface area (Å²) in [6.45, 7) is 3.57. The minimum atomic E-state index is -0.0416. The van der Waals surface area contributed by atoms with E-state index in [0.717, 1.165) is 25.9 Å². The molecule has 1 atom stereocenters. The molecule has 0 radical (unpaired) electrons. The molecule has 1 rings (SSSR count). The van der Waals surface area contributed by atoms with Crippen molar-refractivity contribution >= 4 is 5.97 Å². The van der Waals surface area contributed by atoms with Crippen LogP contribution in [-0.2, 0) is 14.3 Å². The Labute approximate surface area is 124 Å². The van der Waals surface area contributed by atoms with E-state index in [1.54, 1.807) is 0 Å². The molecule has 0 N–H and O–H groups in total. The molecule has 0 saturated carbocycles. The molecule has 0 aromatic carbocycles. The number of ether oxygens (including phenoxy) is 2. The molecule has 1 saturated heterocycles. The third kappa shape index (κ3) is 9.35. The second-order valence-corrected chi connectivity index (χ2v) is 5.91. The van der Waals surface area contributed by atoms with Gasteiger partial charge >= 0.3 is 5.97 Å². The average Bonchev–Trinajstić information content (AvgIpc) is 2.93. The van der Waals surface area contributed by atoms with Crippen molar-refractivity contribution in [1.29, 1.82) is 0 Å². The lowest BCUT2D eigenvalue weighted by atomic mass is 10.1. The minimum Gasteiger partial charge on any atom is -0.460 e. The molecule has 3 nitrogen and oxygen atoms in total. The largest absolute Gasteiger partial charge is 0.460 e. The van der Waals surface area contributed by atoms with Gasteiger partial charge in [0.2, 0.25) is 0 Å². The number of esters is 1. The molecule has 1 unspecified atom stereocenters. The Balaban J connectivity index is 1.78. The van der Waals surface area contributed by atoms with Crippen LogP contribution in [0.4, 0.5) is 0 Å². The maximum Gasteiger partial charge on any atom is 0.306 e. The Bertz CT molecular complexity index is 234. The fraction of sp³-hybridized carbons (Fsp3) is 0.941. The predicted octanol–water partition coefficient (Wildman–Crippen LogP) is 4.63. The van der Waals surface area contributed by atoms with Crippen molar-refractivity contribution in [3.8, 4) is 0 Å². The monoisotopic (exact) mass is 284 g/mol. The van der Waals surface area contributed by atoms with Crippen molar-refractivity contribution in [1.82, 2.24) is 0 Å². The summed E-state index contributed by atoms with van der Waals surface area (Å²) >= 11 is 0. The van der Waals surface area contributed by atoms with Crippen molar-refractivity contribution < 1.29 is 14.3 Å². The number of rotatable bonds is 12. The third-order valence-electron chi connectivity index (χ3n) is 3.92. The zero-order chi connectivity index (χ0) is 14.5. The lowest BCUT2D eigenvalue weighted by Crippen LogP contribution is -2.17. The number of unbranched alkanes of at least 4 members (excludes halogenated alkanes) is 9. The summed E-state index contributed by atoms with van der Waals surface area (Å²) in [5, 5.41) is 0. The highest BCUT2D eigenvalue weighted by atomic mass is 16.6. The summed E-state index contributed by atoms with van der Waals surface area (Å²) in [6, 6.07) is 0. The van der Waals surface area contributed by atoms with Crippen LogP contribution in [0.5, 0.6) is 0 Å². The molecule has 0 aliphatic carbocycles. The predicted molar refractivity (Wildman–Crippen MR) is 81.8 cm³/mol. The van der Waals surface area contributed by atoms with Crippen molar-refractivity contribution in [2.75, 3.05) is 13.2 Å². The Morgan fingerprint density at radius 3 is 2.15 bits per heavy atom. The first-order valence-corrected chi connectivity index (χ1v) is 8.60. The van der Waals surface area contributed by atoms with Gasteiger partial charge in [-0.15, -0.1) is 0 Å². The number of hydrogen-bond donors (Lipinski definition) is 0. The van der Waals surface area contributed by atoms with E-state index < -0.39 is 0 Å². The molecule has 0 amide bonds. The van der Waals surface area contributed by atoms with E-state index in [0.29, 0.717) is 13.0 Å². The molecule has 20 heavy (non-hydrogen) atoms. The van der Waals surface area contributed by atoms with Gasteiger partial charge in [0.25, 0.3) is 0 Å². The van der Waals surface area contributed by atoms with E-state index in [9.17, 15) is 4.79 Å². The Morgan fingerprint density at radius 1 is 1.00 bits per heavy atom. The molecule has 1 fully saturated rings. The lowest BCUT2D eigenvalue weighted by Gasteiger charge is -2.09. The molecule has 0 aromatic heterocycles. The number of hydrogen-bond acceptors (Lipinski definition) is 3. The summed E-state index contributed by atoms with van der Waals surface area (Å²) in [5.41, 5.74) is 0. The Kier molecular flexibility index (Phi) is 10.7. The fourth-order valence-electron chi connectivity index (χ4n) is 2.61. The molecule has 1 aliphatic rings. The molecule has 0 bridgehead atoms. The average molecular weight is 284 g/mol. The zero-order valence-electron chi connectivity index (χ0n) is 13.2. The van der Waals surface area contributed by atoms with Gasteiger partial charge in [-0.25, -0.2) is 0 Å². The van der Waals surface area contributed by atoms with Crippen molar-refractivity contribution in [2.45, 2.75) is 90.1 Å². The maximum atomic E-state index is 11.6. The van der Waals surface area contributed by atoms with Gasteiger partial charge in [0.05, 0.1) is 13.2 Å². The normalized spacial score (nSPS) is 18.4.